The number of nitro groups is 1. The Kier molecular flexibility index (Phi) is 2.60. The van der Waals surface area contributed by atoms with Crippen LogP contribution in [0.1, 0.15) is 10.5 Å². The lowest BCUT2D eigenvalue weighted by atomic mass is 10.1. The maximum Gasteiger partial charge on any atom is 0.269 e. The van der Waals surface area contributed by atoms with E-state index >= 15 is 0 Å². The molecule has 2 heterocycles. The maximum atomic E-state index is 11.0. The Morgan fingerprint density at radius 3 is 2.68 bits per heavy atom. The third-order valence-electron chi connectivity index (χ3n) is 2.77. The molecule has 3 aromatic rings. The molecule has 0 radical (unpaired) electrons. The summed E-state index contributed by atoms with van der Waals surface area (Å²) in [7, 11) is 0. The molecule has 6 nitrogen and oxygen atoms in total. The first-order valence-electron chi connectivity index (χ1n) is 5.35. The Hall–Kier alpha value is -2.54. The fourth-order valence-electron chi connectivity index (χ4n) is 1.87. The maximum absolute atomic E-state index is 11.0. The average Bonchev–Trinajstić information content (AvgIpc) is 2.99. The fourth-order valence-corrected chi connectivity index (χ4v) is 2.75. The van der Waals surface area contributed by atoms with Crippen molar-refractivity contribution in [2.24, 2.45) is 0 Å². The molecule has 0 aliphatic heterocycles. The van der Waals surface area contributed by atoms with Crippen LogP contribution in [0.15, 0.2) is 35.8 Å². The Labute approximate surface area is 111 Å². The number of hydrogen-bond donors (Lipinski definition) is 0. The van der Waals surface area contributed by atoms with Gasteiger partial charge in [0.1, 0.15) is 5.69 Å². The molecule has 1 aromatic carbocycles. The number of fused-ring (bicyclic) bond motifs is 1. The molecule has 0 spiro atoms. The van der Waals surface area contributed by atoms with Crippen molar-refractivity contribution in [1.82, 2.24) is 9.38 Å². The van der Waals surface area contributed by atoms with E-state index in [0.29, 0.717) is 5.69 Å². The zero-order valence-electron chi connectivity index (χ0n) is 9.52. The molecule has 0 aliphatic carbocycles. The largest absolute Gasteiger partial charge is 0.296 e. The van der Waals surface area contributed by atoms with Gasteiger partial charge in [0.2, 0.25) is 0 Å². The van der Waals surface area contributed by atoms with Crippen molar-refractivity contribution in [1.29, 1.82) is 0 Å². The van der Waals surface area contributed by atoms with Gasteiger partial charge in [-0.2, -0.15) is 0 Å². The Morgan fingerprint density at radius 2 is 2.05 bits per heavy atom. The Balaban J connectivity index is 2.15. The van der Waals surface area contributed by atoms with Gasteiger partial charge in [-0.05, 0) is 17.7 Å². The first-order valence-corrected chi connectivity index (χ1v) is 6.23. The van der Waals surface area contributed by atoms with Crippen molar-refractivity contribution in [3.05, 3.63) is 51.7 Å². The van der Waals surface area contributed by atoms with Gasteiger partial charge in [-0.3, -0.25) is 19.3 Å². The molecule has 0 fully saturated rings. The predicted octanol–water partition coefficient (Wildman–Crippen LogP) is 2.78. The van der Waals surface area contributed by atoms with E-state index < -0.39 is 4.92 Å². The zero-order chi connectivity index (χ0) is 13.4. The lowest BCUT2D eigenvalue weighted by Crippen LogP contribution is -1.92. The lowest BCUT2D eigenvalue weighted by molar-refractivity contribution is -0.384. The molecule has 3 rings (SSSR count). The molecule has 0 amide bonds. The number of benzene rings is 1. The number of non-ortho nitro benzene ring substituents is 1. The highest BCUT2D eigenvalue weighted by molar-refractivity contribution is 7.15. The molecular weight excluding hydrogens is 266 g/mol. The second kappa shape index (κ2) is 4.29. The summed E-state index contributed by atoms with van der Waals surface area (Å²) in [6, 6.07) is 6.20. The Morgan fingerprint density at radius 1 is 1.32 bits per heavy atom. The van der Waals surface area contributed by atoms with E-state index in [9.17, 15) is 14.9 Å². The van der Waals surface area contributed by atoms with E-state index in [0.717, 1.165) is 22.5 Å². The van der Waals surface area contributed by atoms with Gasteiger partial charge in [-0.15, -0.1) is 11.3 Å². The number of nitrogens with zero attached hydrogens (tertiary/aromatic N) is 3. The van der Waals surface area contributed by atoms with Crippen LogP contribution in [-0.2, 0) is 0 Å². The van der Waals surface area contributed by atoms with E-state index in [-0.39, 0.29) is 5.69 Å². The first kappa shape index (κ1) is 11.5. The average molecular weight is 273 g/mol. The molecular formula is C12H7N3O3S. The minimum absolute atomic E-state index is 0.0384. The van der Waals surface area contributed by atoms with Gasteiger partial charge >= 0.3 is 0 Å². The number of hydrogen-bond acceptors (Lipinski definition) is 5. The van der Waals surface area contributed by atoms with Gasteiger partial charge in [-0.25, -0.2) is 4.98 Å². The van der Waals surface area contributed by atoms with Crippen molar-refractivity contribution in [3.63, 3.8) is 0 Å². The summed E-state index contributed by atoms with van der Waals surface area (Å²) in [5.41, 5.74) is 2.11. The third-order valence-corrected chi connectivity index (χ3v) is 3.61. The van der Waals surface area contributed by atoms with Crippen LogP contribution in [0.2, 0.25) is 0 Å². The number of carbonyl (C=O) groups excluding carboxylic acids is 1. The summed E-state index contributed by atoms with van der Waals surface area (Å²) in [5, 5.41) is 12.5. The summed E-state index contributed by atoms with van der Waals surface area (Å²) < 4.78 is 1.73. The number of aldehydes is 1. The van der Waals surface area contributed by atoms with Crippen LogP contribution in [0.25, 0.3) is 16.2 Å². The molecule has 0 aliphatic rings. The van der Waals surface area contributed by atoms with Crippen molar-refractivity contribution in [2.75, 3.05) is 0 Å². The van der Waals surface area contributed by atoms with E-state index in [4.69, 9.17) is 0 Å². The first-order chi connectivity index (χ1) is 9.20. The minimum Gasteiger partial charge on any atom is -0.296 e. The molecule has 0 saturated heterocycles. The molecule has 94 valence electrons. The van der Waals surface area contributed by atoms with Crippen molar-refractivity contribution >= 4 is 28.3 Å². The number of rotatable bonds is 3. The smallest absolute Gasteiger partial charge is 0.269 e. The summed E-state index contributed by atoms with van der Waals surface area (Å²) >= 11 is 1.41. The predicted molar refractivity (Wildman–Crippen MR) is 70.5 cm³/mol. The van der Waals surface area contributed by atoms with Crippen LogP contribution in [0, 0.1) is 10.1 Å². The number of thiazole rings is 1. The SMILES string of the molecule is O=Cc1cnc2scc(-c3ccc([N+](=O)[O-])cc3)n12. The van der Waals surface area contributed by atoms with E-state index in [1.54, 1.807) is 16.5 Å². The van der Waals surface area contributed by atoms with E-state index in [1.165, 1.54) is 29.7 Å². The van der Waals surface area contributed by atoms with E-state index in [2.05, 4.69) is 4.98 Å². The Bertz CT molecular complexity index is 773. The molecule has 19 heavy (non-hydrogen) atoms. The highest BCUT2D eigenvalue weighted by Gasteiger charge is 2.12. The quantitative estimate of drug-likeness (QED) is 0.417. The van der Waals surface area contributed by atoms with Crippen molar-refractivity contribution in [2.45, 2.75) is 0 Å². The standard InChI is InChI=1S/C12H7N3O3S/c16-6-10-5-13-12-14(10)11(7-19-12)8-1-3-9(4-2-8)15(17)18/h1-7H. The molecule has 0 unspecified atom stereocenters. The van der Waals surface area contributed by atoms with Crippen LogP contribution >= 0.6 is 11.3 Å². The monoisotopic (exact) mass is 273 g/mol. The topological polar surface area (TPSA) is 77.5 Å². The molecule has 2 aromatic heterocycles. The van der Waals surface area contributed by atoms with Gasteiger partial charge in [0.05, 0.1) is 16.8 Å². The summed E-state index contributed by atoms with van der Waals surface area (Å²) in [6.45, 7) is 0. The number of nitro benzene ring substituents is 1. The van der Waals surface area contributed by atoms with Crippen molar-refractivity contribution < 1.29 is 9.72 Å². The van der Waals surface area contributed by atoms with Crippen LogP contribution in [0.3, 0.4) is 0 Å². The molecule has 0 bridgehead atoms. The van der Waals surface area contributed by atoms with Crippen LogP contribution in [0.4, 0.5) is 5.69 Å². The fraction of sp³-hybridized carbons (Fsp3) is 0. The third kappa shape index (κ3) is 1.80. The zero-order valence-corrected chi connectivity index (χ0v) is 10.3. The highest BCUT2D eigenvalue weighted by atomic mass is 32.1. The van der Waals surface area contributed by atoms with Gasteiger partial charge in [0, 0.05) is 17.5 Å². The van der Waals surface area contributed by atoms with Gasteiger partial charge < -0.3 is 0 Å². The second-order valence-electron chi connectivity index (χ2n) is 3.84. The number of carbonyl (C=O) groups is 1. The molecule has 0 N–H and O–H groups in total. The lowest BCUT2D eigenvalue weighted by Gasteiger charge is -2.00. The van der Waals surface area contributed by atoms with Crippen LogP contribution in [-0.4, -0.2) is 20.6 Å². The summed E-state index contributed by atoms with van der Waals surface area (Å²) in [4.78, 5) is 26.0. The van der Waals surface area contributed by atoms with Gasteiger partial charge in [0.15, 0.2) is 11.2 Å². The molecule has 0 saturated carbocycles. The second-order valence-corrected chi connectivity index (χ2v) is 4.68. The van der Waals surface area contributed by atoms with E-state index in [1.807, 2.05) is 5.38 Å². The number of imidazole rings is 1. The summed E-state index contributed by atoms with van der Waals surface area (Å²) in [6.07, 6.45) is 2.25. The van der Waals surface area contributed by atoms with Gasteiger partial charge in [-0.1, -0.05) is 0 Å². The van der Waals surface area contributed by atoms with Crippen molar-refractivity contribution in [3.8, 4) is 11.3 Å². The normalized spacial score (nSPS) is 10.7. The molecule has 0 atom stereocenters. The van der Waals surface area contributed by atoms with Gasteiger partial charge in [0.25, 0.3) is 5.69 Å². The van der Waals surface area contributed by atoms with Crippen LogP contribution < -0.4 is 0 Å². The van der Waals surface area contributed by atoms with Crippen LogP contribution in [0.5, 0.6) is 0 Å². The molecule has 7 heteroatoms. The number of aromatic nitrogens is 2. The minimum atomic E-state index is -0.443. The highest BCUT2D eigenvalue weighted by Crippen LogP contribution is 2.28. The summed E-state index contributed by atoms with van der Waals surface area (Å²) in [5.74, 6) is 0.